The second-order valence-electron chi connectivity index (χ2n) is 11.2. The van der Waals surface area contributed by atoms with Crippen LogP contribution in [0.4, 0.5) is 0 Å². The van der Waals surface area contributed by atoms with Gasteiger partial charge in [-0.1, -0.05) is 6.92 Å². The summed E-state index contributed by atoms with van der Waals surface area (Å²) >= 11 is 0. The van der Waals surface area contributed by atoms with E-state index in [1.807, 2.05) is 6.92 Å². The van der Waals surface area contributed by atoms with Crippen LogP contribution in [-0.2, 0) is 23.9 Å². The Kier molecular flexibility index (Phi) is 5.12. The molecule has 4 rings (SSSR count). The first-order chi connectivity index (χ1) is 14.0. The van der Waals surface area contributed by atoms with E-state index in [0.29, 0.717) is 18.8 Å². The molecule has 0 radical (unpaired) electrons. The Bertz CT molecular complexity index is 763. The fourth-order valence-electron chi connectivity index (χ4n) is 8.30. The minimum absolute atomic E-state index is 0.0152. The zero-order valence-electron chi connectivity index (χ0n) is 18.8. The summed E-state index contributed by atoms with van der Waals surface area (Å²) in [6, 6.07) is 0. The van der Waals surface area contributed by atoms with Gasteiger partial charge in [-0.2, -0.15) is 0 Å². The van der Waals surface area contributed by atoms with E-state index >= 15 is 0 Å². The summed E-state index contributed by atoms with van der Waals surface area (Å²) in [5.41, 5.74) is -1.54. The molecule has 0 unspecified atom stereocenters. The number of fused-ring (bicyclic) bond motifs is 3. The number of aliphatic hydroxyl groups is 1. The van der Waals surface area contributed by atoms with E-state index in [2.05, 4.69) is 6.92 Å². The third-order valence-electron chi connectivity index (χ3n) is 9.53. The number of hydrogen-bond donors (Lipinski definition) is 1. The maximum atomic E-state index is 13.0. The summed E-state index contributed by atoms with van der Waals surface area (Å²) in [7, 11) is 0. The normalized spacial score (nSPS) is 47.2. The number of rotatable bonds is 4. The fraction of sp³-hybridized carbons (Fsp3) is 0.875. The Morgan fingerprint density at radius 1 is 1.00 bits per heavy atom. The minimum atomic E-state index is -0.935. The van der Waals surface area contributed by atoms with Gasteiger partial charge in [0.1, 0.15) is 24.6 Å². The molecule has 0 amide bonds. The lowest BCUT2D eigenvalue weighted by molar-refractivity contribution is -0.180. The van der Waals surface area contributed by atoms with Gasteiger partial charge in [-0.15, -0.1) is 0 Å². The molecule has 2 bridgehead atoms. The Morgan fingerprint density at radius 3 is 2.33 bits per heavy atom. The standard InChI is InChI=1S/C24H36O6/c1-15(25)29-13-22(4)18-7-10-23-11-17(24(28,12-23)14-30-16(2)26)5-6-19(23)21(18,3)9-8-20(22)27/h17-19,28H,5-14H2,1-4H3/t17-,18-,19-,21+,22-,23+,24-/m1/s1. The number of Topliss-reactive ketones (excluding diaryl/α,β-unsaturated/α-hetero) is 1. The van der Waals surface area contributed by atoms with E-state index in [4.69, 9.17) is 9.47 Å². The second-order valence-corrected chi connectivity index (χ2v) is 11.2. The Morgan fingerprint density at radius 2 is 1.67 bits per heavy atom. The highest BCUT2D eigenvalue weighted by Gasteiger charge is 2.68. The van der Waals surface area contributed by atoms with E-state index < -0.39 is 11.0 Å². The number of ketones is 1. The van der Waals surface area contributed by atoms with Gasteiger partial charge in [0.25, 0.3) is 0 Å². The maximum Gasteiger partial charge on any atom is 0.302 e. The Labute approximate surface area is 179 Å². The number of hydrogen-bond acceptors (Lipinski definition) is 6. The molecule has 4 fully saturated rings. The van der Waals surface area contributed by atoms with E-state index in [0.717, 1.165) is 38.5 Å². The molecule has 4 saturated carbocycles. The zero-order chi connectivity index (χ0) is 21.9. The number of esters is 2. The molecule has 7 atom stereocenters. The highest BCUT2D eigenvalue weighted by Crippen LogP contribution is 2.72. The number of carbonyl (C=O) groups excluding carboxylic acids is 3. The summed E-state index contributed by atoms with van der Waals surface area (Å²) in [6.45, 7) is 7.38. The average Bonchev–Trinajstić information content (AvgIpc) is 2.88. The molecule has 0 aliphatic heterocycles. The lowest BCUT2D eigenvalue weighted by atomic mass is 9.41. The van der Waals surface area contributed by atoms with Crippen LogP contribution < -0.4 is 0 Å². The van der Waals surface area contributed by atoms with Crippen molar-refractivity contribution in [3.8, 4) is 0 Å². The molecule has 1 N–H and O–H groups in total. The monoisotopic (exact) mass is 420 g/mol. The first-order valence-electron chi connectivity index (χ1n) is 11.5. The molecule has 1 spiro atoms. The van der Waals surface area contributed by atoms with Crippen LogP contribution in [0.1, 0.15) is 79.1 Å². The van der Waals surface area contributed by atoms with Crippen LogP contribution in [0.15, 0.2) is 0 Å². The summed E-state index contributed by atoms with van der Waals surface area (Å²) < 4.78 is 10.6. The van der Waals surface area contributed by atoms with Crippen LogP contribution in [0.25, 0.3) is 0 Å². The molecular weight excluding hydrogens is 384 g/mol. The average molecular weight is 421 g/mol. The predicted octanol–water partition coefficient (Wildman–Crippen LogP) is 3.44. The third-order valence-corrected chi connectivity index (χ3v) is 9.53. The number of ether oxygens (including phenoxy) is 2. The smallest absolute Gasteiger partial charge is 0.302 e. The van der Waals surface area contributed by atoms with Crippen molar-refractivity contribution in [2.24, 2.45) is 34.0 Å². The largest absolute Gasteiger partial charge is 0.465 e. The van der Waals surface area contributed by atoms with Gasteiger partial charge in [-0.25, -0.2) is 0 Å². The van der Waals surface area contributed by atoms with E-state index in [9.17, 15) is 19.5 Å². The van der Waals surface area contributed by atoms with Crippen LogP contribution in [0.5, 0.6) is 0 Å². The molecule has 0 aromatic heterocycles. The lowest BCUT2D eigenvalue weighted by Gasteiger charge is -2.63. The van der Waals surface area contributed by atoms with Gasteiger partial charge in [0.2, 0.25) is 0 Å². The van der Waals surface area contributed by atoms with Gasteiger partial charge < -0.3 is 14.6 Å². The molecule has 4 aliphatic carbocycles. The molecule has 4 aliphatic rings. The van der Waals surface area contributed by atoms with Crippen molar-refractivity contribution < 1.29 is 29.0 Å². The Hall–Kier alpha value is -1.43. The van der Waals surface area contributed by atoms with Crippen molar-refractivity contribution in [3.05, 3.63) is 0 Å². The summed E-state index contributed by atoms with van der Waals surface area (Å²) in [6.07, 6.45) is 6.90. The van der Waals surface area contributed by atoms with Gasteiger partial charge in [0, 0.05) is 20.3 Å². The minimum Gasteiger partial charge on any atom is -0.465 e. The van der Waals surface area contributed by atoms with Crippen molar-refractivity contribution in [3.63, 3.8) is 0 Å². The molecule has 6 heteroatoms. The first-order valence-corrected chi connectivity index (χ1v) is 11.5. The zero-order valence-corrected chi connectivity index (χ0v) is 18.8. The first kappa shape index (κ1) is 21.8. The van der Waals surface area contributed by atoms with Crippen molar-refractivity contribution in [1.29, 1.82) is 0 Å². The summed E-state index contributed by atoms with van der Waals surface area (Å²) in [4.78, 5) is 35.9. The fourth-order valence-corrected chi connectivity index (χ4v) is 8.30. The highest BCUT2D eigenvalue weighted by molar-refractivity contribution is 5.86. The topological polar surface area (TPSA) is 89.9 Å². The molecular formula is C24H36O6. The highest BCUT2D eigenvalue weighted by atomic mass is 16.5. The van der Waals surface area contributed by atoms with Crippen LogP contribution in [0, 0.1) is 34.0 Å². The van der Waals surface area contributed by atoms with Crippen LogP contribution in [-0.4, -0.2) is 41.6 Å². The lowest BCUT2D eigenvalue weighted by Crippen LogP contribution is -2.60. The summed E-state index contributed by atoms with van der Waals surface area (Å²) in [5.74, 6) is 0.313. The maximum absolute atomic E-state index is 13.0. The predicted molar refractivity (Wildman–Crippen MR) is 109 cm³/mol. The molecule has 168 valence electrons. The quantitative estimate of drug-likeness (QED) is 0.701. The van der Waals surface area contributed by atoms with Gasteiger partial charge in [0.15, 0.2) is 0 Å². The molecule has 6 nitrogen and oxygen atoms in total. The second kappa shape index (κ2) is 7.04. The van der Waals surface area contributed by atoms with Gasteiger partial charge in [0.05, 0.1) is 5.41 Å². The van der Waals surface area contributed by atoms with Crippen molar-refractivity contribution >= 4 is 17.7 Å². The van der Waals surface area contributed by atoms with Crippen molar-refractivity contribution in [1.82, 2.24) is 0 Å². The van der Waals surface area contributed by atoms with E-state index in [1.54, 1.807) is 0 Å². The molecule has 0 aromatic rings. The molecule has 0 saturated heterocycles. The molecule has 0 heterocycles. The Balaban J connectivity index is 1.62. The third kappa shape index (κ3) is 3.12. The molecule has 0 aromatic carbocycles. The van der Waals surface area contributed by atoms with Gasteiger partial charge >= 0.3 is 11.9 Å². The van der Waals surface area contributed by atoms with Crippen molar-refractivity contribution in [2.75, 3.05) is 13.2 Å². The SMILES string of the molecule is CC(=O)OC[C@]1(O)C[C@@]23CC[C@@H]4[C@](C)(CCC(=O)[C@]4(C)COC(C)=O)[C@H]2CC[C@@H]1C3. The van der Waals surface area contributed by atoms with Crippen LogP contribution in [0.2, 0.25) is 0 Å². The summed E-state index contributed by atoms with van der Waals surface area (Å²) in [5, 5.41) is 11.4. The van der Waals surface area contributed by atoms with E-state index in [1.165, 1.54) is 13.8 Å². The van der Waals surface area contributed by atoms with Gasteiger partial charge in [-0.05, 0) is 80.5 Å². The van der Waals surface area contributed by atoms with E-state index in [-0.39, 0.29) is 53.6 Å². The van der Waals surface area contributed by atoms with Crippen LogP contribution in [0.3, 0.4) is 0 Å². The van der Waals surface area contributed by atoms with Crippen LogP contribution >= 0.6 is 0 Å². The van der Waals surface area contributed by atoms with Gasteiger partial charge in [-0.3, -0.25) is 14.4 Å². The molecule has 30 heavy (non-hydrogen) atoms. The number of carbonyl (C=O) groups is 3. The van der Waals surface area contributed by atoms with Crippen molar-refractivity contribution in [2.45, 2.75) is 84.7 Å².